The van der Waals surface area contributed by atoms with Crippen molar-refractivity contribution in [1.29, 1.82) is 0 Å². The van der Waals surface area contributed by atoms with E-state index in [1.807, 2.05) is 6.07 Å². The van der Waals surface area contributed by atoms with Crippen molar-refractivity contribution in [3.63, 3.8) is 0 Å². The molecule has 19 heavy (non-hydrogen) atoms. The number of hydrogen-bond donors (Lipinski definition) is 3. The largest absolute Gasteiger partial charge is 0.368 e. The molecule has 0 spiro atoms. The summed E-state index contributed by atoms with van der Waals surface area (Å²) in [5.41, 5.74) is 6.18. The zero-order valence-electron chi connectivity index (χ0n) is 10.7. The van der Waals surface area contributed by atoms with Crippen LogP contribution in [0.2, 0.25) is 0 Å². The molecule has 0 aliphatic heterocycles. The monoisotopic (exact) mass is 262 g/mol. The highest BCUT2D eigenvalue weighted by Gasteiger charge is 2.19. The number of nitrogens with two attached hydrogens (primary N) is 1. The average Bonchev–Trinajstić information content (AvgIpc) is 2.78. The predicted octanol–water partition coefficient (Wildman–Crippen LogP) is 0.347. The number of hydrogen-bond acceptors (Lipinski definition) is 5. The number of aromatic amines is 1. The molecule has 2 atom stereocenters. The summed E-state index contributed by atoms with van der Waals surface area (Å²) in [5, 5.41) is 13.7. The van der Waals surface area contributed by atoms with Crippen LogP contribution in [0.15, 0.2) is 16.9 Å². The van der Waals surface area contributed by atoms with E-state index in [1.165, 1.54) is 17.4 Å². The fourth-order valence-corrected chi connectivity index (χ4v) is 2.66. The lowest BCUT2D eigenvalue weighted by atomic mass is 9.86. The van der Waals surface area contributed by atoms with E-state index in [0.29, 0.717) is 23.4 Å². The van der Waals surface area contributed by atoms with Crippen molar-refractivity contribution in [2.45, 2.75) is 31.7 Å². The van der Waals surface area contributed by atoms with Crippen LogP contribution in [0.3, 0.4) is 0 Å². The van der Waals surface area contributed by atoms with Gasteiger partial charge < -0.3 is 11.1 Å². The first kappa shape index (κ1) is 12.2. The fourth-order valence-electron chi connectivity index (χ4n) is 2.66. The van der Waals surface area contributed by atoms with Crippen molar-refractivity contribution < 1.29 is 0 Å². The van der Waals surface area contributed by atoms with Gasteiger partial charge >= 0.3 is 5.69 Å². The first-order chi connectivity index (χ1) is 9.22. The van der Waals surface area contributed by atoms with Crippen molar-refractivity contribution in [2.24, 2.45) is 11.7 Å². The maximum atomic E-state index is 11.4. The molecule has 4 N–H and O–H groups in total. The minimum Gasteiger partial charge on any atom is -0.368 e. The summed E-state index contributed by atoms with van der Waals surface area (Å²) < 4.78 is 1.26. The Balaban J connectivity index is 1.67. The fraction of sp³-hybridized carbons (Fsp3) is 0.583. The van der Waals surface area contributed by atoms with Crippen LogP contribution in [-0.2, 0) is 0 Å². The molecule has 1 aliphatic carbocycles. The first-order valence-electron chi connectivity index (χ1n) is 6.66. The van der Waals surface area contributed by atoms with Crippen LogP contribution in [0.25, 0.3) is 5.65 Å². The lowest BCUT2D eigenvalue weighted by Crippen LogP contribution is -2.31. The van der Waals surface area contributed by atoms with Crippen LogP contribution in [0.1, 0.15) is 25.7 Å². The first-order valence-corrected chi connectivity index (χ1v) is 6.66. The van der Waals surface area contributed by atoms with Crippen molar-refractivity contribution in [3.8, 4) is 0 Å². The van der Waals surface area contributed by atoms with Crippen LogP contribution in [0.5, 0.6) is 0 Å². The standard InChI is InChI=1S/C12H18N6O/c13-9-3-1-2-8(6-9)7-14-10-4-5-11-15-16-12(19)18(11)17-10/h4-5,8-9H,1-3,6-7,13H2,(H,14,17)(H,16,19). The molecule has 1 aliphatic rings. The molecule has 0 saturated heterocycles. The highest BCUT2D eigenvalue weighted by molar-refractivity contribution is 5.42. The summed E-state index contributed by atoms with van der Waals surface area (Å²) in [5.74, 6) is 1.28. The number of nitrogens with zero attached hydrogens (tertiary/aromatic N) is 3. The number of aromatic nitrogens is 4. The van der Waals surface area contributed by atoms with Gasteiger partial charge in [-0.2, -0.15) is 9.61 Å². The third kappa shape index (κ3) is 2.60. The Morgan fingerprint density at radius 3 is 3.21 bits per heavy atom. The third-order valence-electron chi connectivity index (χ3n) is 3.67. The van der Waals surface area contributed by atoms with E-state index in [9.17, 15) is 4.79 Å². The number of rotatable bonds is 3. The summed E-state index contributed by atoms with van der Waals surface area (Å²) in [7, 11) is 0. The second-order valence-corrected chi connectivity index (χ2v) is 5.19. The van der Waals surface area contributed by atoms with E-state index < -0.39 is 0 Å². The second kappa shape index (κ2) is 5.00. The Hall–Kier alpha value is -1.89. The molecular weight excluding hydrogens is 244 g/mol. The SMILES string of the molecule is NC1CCCC(CNc2ccc3n[nH]c(=O)n3n2)C1. The van der Waals surface area contributed by atoms with Gasteiger partial charge in [0.1, 0.15) is 5.82 Å². The van der Waals surface area contributed by atoms with Crippen LogP contribution in [0, 0.1) is 5.92 Å². The zero-order valence-corrected chi connectivity index (χ0v) is 10.7. The van der Waals surface area contributed by atoms with Gasteiger partial charge in [-0.1, -0.05) is 6.42 Å². The second-order valence-electron chi connectivity index (χ2n) is 5.19. The molecule has 2 aromatic heterocycles. The van der Waals surface area contributed by atoms with Crippen LogP contribution in [-0.4, -0.2) is 32.4 Å². The molecule has 0 bridgehead atoms. The molecule has 0 amide bonds. The summed E-state index contributed by atoms with van der Waals surface area (Å²) >= 11 is 0. The molecule has 2 aromatic rings. The molecule has 2 unspecified atom stereocenters. The highest BCUT2D eigenvalue weighted by atomic mass is 16.2. The molecule has 7 heteroatoms. The quantitative estimate of drug-likeness (QED) is 0.740. The summed E-state index contributed by atoms with van der Waals surface area (Å²) in [6, 6.07) is 3.92. The number of nitrogens with one attached hydrogen (secondary N) is 2. The van der Waals surface area contributed by atoms with Gasteiger partial charge in [0.25, 0.3) is 0 Å². The lowest BCUT2D eigenvalue weighted by Gasteiger charge is -2.26. The molecule has 102 valence electrons. The predicted molar refractivity (Wildman–Crippen MR) is 72.0 cm³/mol. The van der Waals surface area contributed by atoms with Crippen LogP contribution < -0.4 is 16.7 Å². The minimum atomic E-state index is -0.321. The summed E-state index contributed by atoms with van der Waals surface area (Å²) in [6.45, 7) is 0.846. The van der Waals surface area contributed by atoms with Crippen molar-refractivity contribution >= 4 is 11.5 Å². The lowest BCUT2D eigenvalue weighted by molar-refractivity contribution is 0.334. The van der Waals surface area contributed by atoms with E-state index in [0.717, 1.165) is 19.4 Å². The third-order valence-corrected chi connectivity index (χ3v) is 3.67. The molecular formula is C12H18N6O. The Bertz CT molecular complexity index is 618. The Morgan fingerprint density at radius 1 is 1.47 bits per heavy atom. The highest BCUT2D eigenvalue weighted by Crippen LogP contribution is 2.23. The molecule has 0 radical (unpaired) electrons. The number of fused-ring (bicyclic) bond motifs is 1. The summed E-state index contributed by atoms with van der Waals surface area (Å²) in [6.07, 6.45) is 4.59. The van der Waals surface area contributed by atoms with Crippen molar-refractivity contribution in [3.05, 3.63) is 22.6 Å². The number of H-pyrrole nitrogens is 1. The molecule has 0 aromatic carbocycles. The number of anilines is 1. The van der Waals surface area contributed by atoms with Crippen molar-refractivity contribution in [2.75, 3.05) is 11.9 Å². The van der Waals surface area contributed by atoms with Gasteiger partial charge in [-0.3, -0.25) is 0 Å². The molecule has 1 fully saturated rings. The van der Waals surface area contributed by atoms with Crippen LogP contribution in [0.4, 0.5) is 5.82 Å². The van der Waals surface area contributed by atoms with E-state index in [2.05, 4.69) is 20.6 Å². The van der Waals surface area contributed by atoms with E-state index in [4.69, 9.17) is 5.73 Å². The van der Waals surface area contributed by atoms with E-state index in [-0.39, 0.29) is 5.69 Å². The van der Waals surface area contributed by atoms with Crippen molar-refractivity contribution in [1.82, 2.24) is 19.8 Å². The smallest absolute Gasteiger partial charge is 0.364 e. The normalized spacial score (nSPS) is 23.6. The Morgan fingerprint density at radius 2 is 2.37 bits per heavy atom. The van der Waals surface area contributed by atoms with Gasteiger partial charge in [0, 0.05) is 12.6 Å². The minimum absolute atomic E-state index is 0.321. The van der Waals surface area contributed by atoms with Gasteiger partial charge in [0.15, 0.2) is 5.65 Å². The molecule has 2 heterocycles. The van der Waals surface area contributed by atoms with E-state index in [1.54, 1.807) is 6.07 Å². The van der Waals surface area contributed by atoms with Gasteiger partial charge in [0.05, 0.1) is 0 Å². The van der Waals surface area contributed by atoms with Gasteiger partial charge in [-0.05, 0) is 37.3 Å². The van der Waals surface area contributed by atoms with Gasteiger partial charge in [-0.15, -0.1) is 5.10 Å². The maximum Gasteiger partial charge on any atom is 0.364 e. The topological polar surface area (TPSA) is 101 Å². The molecule has 1 saturated carbocycles. The maximum absolute atomic E-state index is 11.4. The van der Waals surface area contributed by atoms with Gasteiger partial charge in [0.2, 0.25) is 0 Å². The van der Waals surface area contributed by atoms with E-state index >= 15 is 0 Å². The van der Waals surface area contributed by atoms with Crippen LogP contribution >= 0.6 is 0 Å². The average molecular weight is 262 g/mol. The molecule has 7 nitrogen and oxygen atoms in total. The summed E-state index contributed by atoms with van der Waals surface area (Å²) in [4.78, 5) is 11.4. The van der Waals surface area contributed by atoms with Gasteiger partial charge in [-0.25, -0.2) is 9.89 Å². The Kier molecular flexibility index (Phi) is 3.20. The Labute approximate surface area is 110 Å². The molecule has 3 rings (SSSR count). The zero-order chi connectivity index (χ0) is 13.2.